The summed E-state index contributed by atoms with van der Waals surface area (Å²) in [5.74, 6) is 4.32. The van der Waals surface area contributed by atoms with E-state index in [9.17, 15) is 0 Å². The molecule has 3 aliphatic rings. The first kappa shape index (κ1) is 18.0. The van der Waals surface area contributed by atoms with Crippen LogP contribution in [0, 0.1) is 0 Å². The lowest BCUT2D eigenvalue weighted by Gasteiger charge is -2.40. The molecule has 0 radical (unpaired) electrons. The Morgan fingerprint density at radius 2 is 1.93 bits per heavy atom. The van der Waals surface area contributed by atoms with Crippen LogP contribution in [0.4, 0.5) is 17.5 Å². The molecule has 2 aliphatic heterocycles. The molecule has 0 bridgehead atoms. The summed E-state index contributed by atoms with van der Waals surface area (Å²) in [6, 6.07) is 0. The molecule has 4 heterocycles. The summed E-state index contributed by atoms with van der Waals surface area (Å²) >= 11 is 1.89. The van der Waals surface area contributed by atoms with Crippen molar-refractivity contribution in [1.29, 1.82) is 0 Å². The fraction of sp³-hybridized carbons (Fsp3) is 0.600. The molecule has 1 saturated heterocycles. The number of anilines is 3. The molecule has 0 atom stereocenters. The van der Waals surface area contributed by atoms with Crippen LogP contribution in [-0.4, -0.2) is 44.3 Å². The number of thioether (sulfide) groups is 1. The van der Waals surface area contributed by atoms with Crippen molar-refractivity contribution in [3.63, 3.8) is 0 Å². The summed E-state index contributed by atoms with van der Waals surface area (Å²) in [5.41, 5.74) is 7.74. The van der Waals surface area contributed by atoms with Gasteiger partial charge in [-0.2, -0.15) is 4.98 Å². The summed E-state index contributed by atoms with van der Waals surface area (Å²) in [6.07, 6.45) is 10.2. The van der Waals surface area contributed by atoms with Gasteiger partial charge in [0.15, 0.2) is 0 Å². The van der Waals surface area contributed by atoms with E-state index >= 15 is 0 Å². The van der Waals surface area contributed by atoms with Crippen LogP contribution in [0.1, 0.15) is 56.5 Å². The van der Waals surface area contributed by atoms with E-state index in [4.69, 9.17) is 15.7 Å². The Morgan fingerprint density at radius 3 is 2.61 bits per heavy atom. The fourth-order valence-corrected chi connectivity index (χ4v) is 5.34. The van der Waals surface area contributed by atoms with E-state index in [1.165, 1.54) is 29.9 Å². The lowest BCUT2D eigenvalue weighted by molar-refractivity contribution is 0.305. The monoisotopic (exact) mass is 397 g/mol. The van der Waals surface area contributed by atoms with Crippen LogP contribution in [0.15, 0.2) is 17.3 Å². The summed E-state index contributed by atoms with van der Waals surface area (Å²) in [5, 5.41) is 3.74. The van der Waals surface area contributed by atoms with Gasteiger partial charge in [-0.1, -0.05) is 0 Å². The van der Waals surface area contributed by atoms with Gasteiger partial charge in [-0.25, -0.2) is 15.0 Å². The van der Waals surface area contributed by atoms with Gasteiger partial charge in [0.05, 0.1) is 28.7 Å². The topological polar surface area (TPSA) is 92.9 Å². The maximum atomic E-state index is 5.71. The van der Waals surface area contributed by atoms with Gasteiger partial charge < -0.3 is 16.0 Å². The maximum Gasteiger partial charge on any atom is 0.227 e. The van der Waals surface area contributed by atoms with E-state index in [0.29, 0.717) is 11.6 Å². The highest BCUT2D eigenvalue weighted by atomic mass is 32.2. The van der Waals surface area contributed by atoms with Crippen molar-refractivity contribution in [2.45, 2.75) is 61.8 Å². The van der Waals surface area contributed by atoms with Gasteiger partial charge in [0.2, 0.25) is 5.95 Å². The van der Waals surface area contributed by atoms with E-state index in [-0.39, 0.29) is 5.54 Å². The molecular weight excluding hydrogens is 370 g/mol. The number of hydrogen-bond donors (Lipinski definition) is 2. The summed E-state index contributed by atoms with van der Waals surface area (Å²) in [7, 11) is 0. The lowest BCUT2D eigenvalue weighted by Crippen LogP contribution is -2.42. The quantitative estimate of drug-likeness (QED) is 0.812. The third kappa shape index (κ3) is 3.38. The number of aryl methyl sites for hydroxylation is 1. The number of aromatic nitrogens is 4. The van der Waals surface area contributed by atoms with Crippen LogP contribution < -0.4 is 16.0 Å². The third-order valence-corrected chi connectivity index (χ3v) is 7.35. The van der Waals surface area contributed by atoms with Gasteiger partial charge in [-0.3, -0.25) is 0 Å². The predicted octanol–water partition coefficient (Wildman–Crippen LogP) is 3.24. The fourth-order valence-electron chi connectivity index (χ4n) is 4.30. The van der Waals surface area contributed by atoms with E-state index in [1.54, 1.807) is 12.4 Å². The van der Waals surface area contributed by atoms with Crippen LogP contribution in [0.3, 0.4) is 0 Å². The van der Waals surface area contributed by atoms with E-state index < -0.39 is 0 Å². The third-order valence-electron chi connectivity index (χ3n) is 6.22. The van der Waals surface area contributed by atoms with Gasteiger partial charge in [0, 0.05) is 36.7 Å². The number of fused-ring (bicyclic) bond motifs is 1. The number of nitrogens with two attached hydrogens (primary N) is 1. The molecule has 8 heteroatoms. The van der Waals surface area contributed by atoms with Crippen LogP contribution in [-0.2, 0) is 6.42 Å². The zero-order valence-electron chi connectivity index (χ0n) is 16.3. The molecule has 1 aliphatic carbocycles. The number of rotatable bonds is 4. The standard InChI is InChI=1S/C20H27N7S/c1-20(6-2-7-20)26-18-16-15(5-10-28-16)24-19(25-18)27-8-3-13(4-9-27)17-22-11-14(21)12-23-17/h11-13H,2-10,21H2,1H3,(H,24,25,26). The molecule has 2 fully saturated rings. The molecule has 5 rings (SSSR count). The maximum absolute atomic E-state index is 5.71. The highest BCUT2D eigenvalue weighted by molar-refractivity contribution is 7.99. The van der Waals surface area contributed by atoms with Crippen molar-refractivity contribution < 1.29 is 0 Å². The second-order valence-electron chi connectivity index (χ2n) is 8.42. The van der Waals surface area contributed by atoms with Crippen molar-refractivity contribution in [3.05, 3.63) is 23.9 Å². The van der Waals surface area contributed by atoms with Crippen LogP contribution in [0.25, 0.3) is 0 Å². The summed E-state index contributed by atoms with van der Waals surface area (Å²) in [6.45, 7) is 4.17. The first-order valence-corrected chi connectivity index (χ1v) is 11.2. The molecular formula is C20H27N7S. The summed E-state index contributed by atoms with van der Waals surface area (Å²) < 4.78 is 0. The largest absolute Gasteiger partial charge is 0.396 e. The van der Waals surface area contributed by atoms with E-state index in [2.05, 4.69) is 27.1 Å². The first-order valence-electron chi connectivity index (χ1n) is 10.2. The zero-order valence-corrected chi connectivity index (χ0v) is 17.1. The van der Waals surface area contributed by atoms with Crippen molar-refractivity contribution in [2.75, 3.05) is 34.8 Å². The average molecular weight is 398 g/mol. The SMILES string of the molecule is CC1(Nc2nc(N3CCC(c4ncc(N)cn4)CC3)nc3c2SCC3)CCC1. The van der Waals surface area contributed by atoms with Crippen molar-refractivity contribution >= 4 is 29.2 Å². The highest BCUT2D eigenvalue weighted by Crippen LogP contribution is 2.41. The Kier molecular flexibility index (Phi) is 4.53. The minimum absolute atomic E-state index is 0.196. The van der Waals surface area contributed by atoms with Gasteiger partial charge >= 0.3 is 0 Å². The molecule has 2 aromatic heterocycles. The molecule has 28 heavy (non-hydrogen) atoms. The molecule has 148 valence electrons. The molecule has 2 aromatic rings. The number of nitrogens with one attached hydrogen (secondary N) is 1. The predicted molar refractivity (Wildman–Crippen MR) is 113 cm³/mol. The first-order chi connectivity index (χ1) is 13.6. The molecule has 7 nitrogen and oxygen atoms in total. The van der Waals surface area contributed by atoms with Gasteiger partial charge in [0.1, 0.15) is 11.6 Å². The molecule has 0 spiro atoms. The van der Waals surface area contributed by atoms with Crippen molar-refractivity contribution in [1.82, 2.24) is 19.9 Å². The Bertz CT molecular complexity index is 858. The van der Waals surface area contributed by atoms with Crippen molar-refractivity contribution in [3.8, 4) is 0 Å². The Hall–Kier alpha value is -2.09. The molecule has 0 unspecified atom stereocenters. The second-order valence-corrected chi connectivity index (χ2v) is 9.53. The normalized spacial score (nSPS) is 21.2. The highest BCUT2D eigenvalue weighted by Gasteiger charge is 2.34. The smallest absolute Gasteiger partial charge is 0.227 e. The Labute approximate surface area is 170 Å². The minimum atomic E-state index is 0.196. The number of hydrogen-bond acceptors (Lipinski definition) is 8. The molecule has 3 N–H and O–H groups in total. The molecule has 0 amide bonds. The van der Waals surface area contributed by atoms with Crippen molar-refractivity contribution in [2.24, 2.45) is 0 Å². The lowest BCUT2D eigenvalue weighted by atomic mass is 9.78. The van der Waals surface area contributed by atoms with E-state index in [0.717, 1.165) is 55.7 Å². The summed E-state index contributed by atoms with van der Waals surface area (Å²) in [4.78, 5) is 22.3. The molecule has 1 saturated carbocycles. The van der Waals surface area contributed by atoms with Crippen LogP contribution in [0.5, 0.6) is 0 Å². The minimum Gasteiger partial charge on any atom is -0.396 e. The average Bonchev–Trinajstić information content (AvgIpc) is 3.16. The van der Waals surface area contributed by atoms with Gasteiger partial charge in [0.25, 0.3) is 0 Å². The Balaban J connectivity index is 1.33. The number of nitrogens with zero attached hydrogens (tertiary/aromatic N) is 5. The van der Waals surface area contributed by atoms with Crippen LogP contribution >= 0.6 is 11.8 Å². The number of nitrogen functional groups attached to an aromatic ring is 1. The zero-order chi connectivity index (χ0) is 19.1. The number of piperidine rings is 1. The van der Waals surface area contributed by atoms with Crippen LogP contribution in [0.2, 0.25) is 0 Å². The van der Waals surface area contributed by atoms with Gasteiger partial charge in [-0.15, -0.1) is 11.8 Å². The van der Waals surface area contributed by atoms with Gasteiger partial charge in [-0.05, 0) is 39.0 Å². The molecule has 0 aromatic carbocycles. The van der Waals surface area contributed by atoms with E-state index in [1.807, 2.05) is 11.8 Å². The second kappa shape index (κ2) is 7.06. The Morgan fingerprint density at radius 1 is 1.18 bits per heavy atom.